The van der Waals surface area contributed by atoms with Crippen LogP contribution in [0.15, 0.2) is 196 Å². The van der Waals surface area contributed by atoms with Gasteiger partial charge in [-0.2, -0.15) is 0 Å². The normalized spacial score (nSPS) is 24.0. The highest BCUT2D eigenvalue weighted by Gasteiger charge is 2.28. The van der Waals surface area contributed by atoms with E-state index in [2.05, 4.69) is 173 Å². The molecule has 2 heteroatoms. The summed E-state index contributed by atoms with van der Waals surface area (Å²) >= 11 is 9.00. The Hall–Kier alpha value is -4.04. The summed E-state index contributed by atoms with van der Waals surface area (Å²) in [6.07, 6.45) is 38.8. The molecule has 2 aromatic carbocycles. The molecular weight excluding hydrogens is 644 g/mol. The SMILES string of the molecule is C=C(/C=C/C1=C(Cl)C(=C/C=C2\C=C([C@@]3(C)C=CC=CC3)C=C(c3ccccc3)S2)/CCC1)CC(C)(/C=C(\C)C1=CC=CCC1)c1ccccc1. The number of hydrogen-bond acceptors (Lipinski definition) is 1. The molecule has 0 saturated carbocycles. The predicted octanol–water partition coefficient (Wildman–Crippen LogP) is 14.4. The molecule has 2 atom stereocenters. The van der Waals surface area contributed by atoms with Crippen molar-refractivity contribution in [1.29, 1.82) is 0 Å². The third-order valence-corrected chi connectivity index (χ3v) is 11.8. The van der Waals surface area contributed by atoms with Crippen molar-refractivity contribution in [3.8, 4) is 0 Å². The van der Waals surface area contributed by atoms with E-state index in [4.69, 9.17) is 11.6 Å². The number of hydrogen-bond donors (Lipinski definition) is 0. The van der Waals surface area contributed by atoms with Gasteiger partial charge in [0.25, 0.3) is 0 Å². The van der Waals surface area contributed by atoms with Crippen LogP contribution in [0, 0.1) is 5.41 Å². The summed E-state index contributed by atoms with van der Waals surface area (Å²) in [5.74, 6) is 0. The van der Waals surface area contributed by atoms with Crippen LogP contribution in [0.3, 0.4) is 0 Å². The second-order valence-electron chi connectivity index (χ2n) is 14.4. The lowest BCUT2D eigenvalue weighted by Crippen LogP contribution is -2.20. The topological polar surface area (TPSA) is 0 Å². The molecule has 4 aliphatic rings. The smallest absolute Gasteiger partial charge is 0.0469 e. The fourth-order valence-electron chi connectivity index (χ4n) is 7.32. The zero-order valence-corrected chi connectivity index (χ0v) is 31.4. The van der Waals surface area contributed by atoms with Crippen molar-refractivity contribution in [2.75, 3.05) is 0 Å². The van der Waals surface area contributed by atoms with Crippen molar-refractivity contribution >= 4 is 28.3 Å². The van der Waals surface area contributed by atoms with Gasteiger partial charge >= 0.3 is 0 Å². The second kappa shape index (κ2) is 16.3. The van der Waals surface area contributed by atoms with E-state index in [1.54, 1.807) is 0 Å². The molecule has 0 spiro atoms. The highest BCUT2D eigenvalue weighted by atomic mass is 35.5. The van der Waals surface area contributed by atoms with Crippen LogP contribution in [0.1, 0.15) is 76.8 Å². The van der Waals surface area contributed by atoms with E-state index in [1.165, 1.54) is 48.8 Å². The molecule has 0 radical (unpaired) electrons. The van der Waals surface area contributed by atoms with Crippen molar-refractivity contribution in [1.82, 2.24) is 0 Å². The van der Waals surface area contributed by atoms with Gasteiger partial charge in [0, 0.05) is 25.7 Å². The molecule has 0 bridgehead atoms. The molecule has 1 heterocycles. The van der Waals surface area contributed by atoms with Gasteiger partial charge in [-0.25, -0.2) is 0 Å². The average Bonchev–Trinajstić information content (AvgIpc) is 3.15. The Morgan fingerprint density at radius 3 is 2.44 bits per heavy atom. The zero-order chi connectivity index (χ0) is 35.0. The van der Waals surface area contributed by atoms with Gasteiger partial charge in [0.2, 0.25) is 0 Å². The van der Waals surface area contributed by atoms with Crippen LogP contribution in [-0.4, -0.2) is 0 Å². The molecule has 2 aromatic rings. The Morgan fingerprint density at radius 1 is 0.940 bits per heavy atom. The summed E-state index contributed by atoms with van der Waals surface area (Å²) in [5, 5.41) is 0.882. The summed E-state index contributed by atoms with van der Waals surface area (Å²) in [5.41, 5.74) is 9.98. The molecule has 0 nitrogen and oxygen atoms in total. The first kappa shape index (κ1) is 35.8. The number of rotatable bonds is 10. The van der Waals surface area contributed by atoms with E-state index in [0.717, 1.165) is 55.6 Å². The quantitative estimate of drug-likeness (QED) is 0.223. The maximum Gasteiger partial charge on any atom is 0.0469 e. The maximum atomic E-state index is 7.16. The number of allylic oxidation sites excluding steroid dienone is 21. The van der Waals surface area contributed by atoms with E-state index < -0.39 is 0 Å². The Balaban J connectivity index is 1.23. The van der Waals surface area contributed by atoms with Crippen LogP contribution < -0.4 is 0 Å². The van der Waals surface area contributed by atoms with Crippen LogP contribution in [0.4, 0.5) is 0 Å². The third-order valence-electron chi connectivity index (χ3n) is 10.3. The second-order valence-corrected chi connectivity index (χ2v) is 15.9. The first-order chi connectivity index (χ1) is 24.2. The van der Waals surface area contributed by atoms with Gasteiger partial charge in [0.05, 0.1) is 0 Å². The Bertz CT molecular complexity index is 1930. The highest BCUT2D eigenvalue weighted by molar-refractivity contribution is 8.12. The largest absolute Gasteiger partial charge is 0.0958 e. The molecule has 0 saturated heterocycles. The van der Waals surface area contributed by atoms with Crippen LogP contribution in [0.25, 0.3) is 4.91 Å². The fourth-order valence-corrected chi connectivity index (χ4v) is 8.65. The molecule has 1 aliphatic heterocycles. The molecule has 0 aromatic heterocycles. The third kappa shape index (κ3) is 8.81. The molecule has 0 fully saturated rings. The van der Waals surface area contributed by atoms with Crippen LogP contribution in [0.5, 0.6) is 0 Å². The van der Waals surface area contributed by atoms with Crippen molar-refractivity contribution in [2.24, 2.45) is 5.41 Å². The maximum absolute atomic E-state index is 7.16. The first-order valence-electron chi connectivity index (χ1n) is 18.0. The lowest BCUT2D eigenvalue weighted by atomic mass is 9.75. The molecule has 0 N–H and O–H groups in total. The molecule has 0 amide bonds. The summed E-state index contributed by atoms with van der Waals surface area (Å²) in [6, 6.07) is 21.6. The molecule has 254 valence electrons. The minimum atomic E-state index is -0.172. The van der Waals surface area contributed by atoms with Gasteiger partial charge in [0.15, 0.2) is 0 Å². The highest BCUT2D eigenvalue weighted by Crippen LogP contribution is 2.47. The molecule has 50 heavy (non-hydrogen) atoms. The Labute approximate surface area is 310 Å². The van der Waals surface area contributed by atoms with E-state index in [1.807, 2.05) is 11.8 Å². The van der Waals surface area contributed by atoms with E-state index >= 15 is 0 Å². The summed E-state index contributed by atoms with van der Waals surface area (Å²) in [7, 11) is 0. The predicted molar refractivity (Wildman–Crippen MR) is 221 cm³/mol. The van der Waals surface area contributed by atoms with Crippen molar-refractivity contribution in [3.05, 3.63) is 207 Å². The Morgan fingerprint density at radius 2 is 1.72 bits per heavy atom. The van der Waals surface area contributed by atoms with Gasteiger partial charge in [0.1, 0.15) is 0 Å². The zero-order valence-electron chi connectivity index (χ0n) is 29.8. The van der Waals surface area contributed by atoms with Crippen LogP contribution in [-0.2, 0) is 5.41 Å². The number of halogens is 1. The van der Waals surface area contributed by atoms with E-state index in [9.17, 15) is 0 Å². The summed E-state index contributed by atoms with van der Waals surface area (Å²) < 4.78 is 0. The molecular formula is C48H49ClS. The lowest BCUT2D eigenvalue weighted by Gasteiger charge is -2.31. The van der Waals surface area contributed by atoms with E-state index in [-0.39, 0.29) is 10.8 Å². The van der Waals surface area contributed by atoms with Gasteiger partial charge in [-0.15, -0.1) is 0 Å². The fraction of sp³-hybridized carbons (Fsp3) is 0.250. The van der Waals surface area contributed by atoms with Gasteiger partial charge in [-0.1, -0.05) is 182 Å². The van der Waals surface area contributed by atoms with Crippen molar-refractivity contribution in [2.45, 2.75) is 71.1 Å². The van der Waals surface area contributed by atoms with Gasteiger partial charge < -0.3 is 0 Å². The standard InChI is InChI=1S/C48H49ClS/c1-36(34-48(4,42-24-13-7-14-25-42)35-37(2)38-18-9-5-10-19-38)26-27-40-22-17-23-41(46(40)49)28-29-44-32-43(47(3)30-15-8-16-31-47)33-45(50-44)39-20-11-6-12-21-39/h5-9,11-16,18,20-21,24-30,32-33,35H,1,10,17,19,22-23,31,34H2,2-4H3/b27-26+,37-35+,41-28+,44-29+/t47-,48?/m0/s1. The average molecular weight is 693 g/mol. The summed E-state index contributed by atoms with van der Waals surface area (Å²) in [4.78, 5) is 2.52. The van der Waals surface area contributed by atoms with Crippen molar-refractivity contribution < 1.29 is 0 Å². The first-order valence-corrected chi connectivity index (χ1v) is 19.2. The van der Waals surface area contributed by atoms with Crippen LogP contribution >= 0.6 is 23.4 Å². The van der Waals surface area contributed by atoms with Gasteiger partial charge in [-0.3, -0.25) is 0 Å². The number of thioether (sulfide) groups is 1. The summed E-state index contributed by atoms with van der Waals surface area (Å²) in [6.45, 7) is 11.5. The molecule has 3 aliphatic carbocycles. The van der Waals surface area contributed by atoms with Crippen LogP contribution in [0.2, 0.25) is 0 Å². The molecule has 1 unspecified atom stereocenters. The van der Waals surface area contributed by atoms with Gasteiger partial charge in [-0.05, 0) is 104 Å². The van der Waals surface area contributed by atoms with Crippen molar-refractivity contribution in [3.63, 3.8) is 0 Å². The lowest BCUT2D eigenvalue weighted by molar-refractivity contribution is 0.530. The number of benzene rings is 2. The minimum Gasteiger partial charge on any atom is -0.0958 e. The minimum absolute atomic E-state index is 0.0275. The van der Waals surface area contributed by atoms with E-state index in [0.29, 0.717) is 0 Å². The Kier molecular flexibility index (Phi) is 11.7. The monoisotopic (exact) mass is 692 g/mol. The molecule has 6 rings (SSSR count).